The lowest BCUT2D eigenvalue weighted by molar-refractivity contribution is 0.517. The van der Waals surface area contributed by atoms with Crippen molar-refractivity contribution in [2.75, 3.05) is 0 Å². The molecular weight excluding hydrogens is 114 g/mol. The minimum Gasteiger partial charge on any atom is -0.371 e. The minimum absolute atomic E-state index is 0.000347. The van der Waals surface area contributed by atoms with Crippen molar-refractivity contribution in [2.45, 2.75) is 26.3 Å². The quantitative estimate of drug-likeness (QED) is 0.321. The second kappa shape index (κ2) is 3.08. The summed E-state index contributed by atoms with van der Waals surface area (Å²) in [5, 5.41) is 10.9. The largest absolute Gasteiger partial charge is 0.371 e. The molecule has 0 aromatic carbocycles. The van der Waals surface area contributed by atoms with Gasteiger partial charge in [0.25, 0.3) is 0 Å². The maximum Gasteiger partial charge on any atom is 0.207 e. The van der Waals surface area contributed by atoms with Crippen molar-refractivity contribution in [3.63, 3.8) is 0 Å². The van der Waals surface area contributed by atoms with E-state index in [9.17, 15) is 0 Å². The highest BCUT2D eigenvalue weighted by molar-refractivity contribution is 5.56. The Hall–Kier alpha value is -1.04. The molecule has 0 aliphatic carbocycles. The first-order chi connectivity index (χ1) is 4.06. The Bertz CT molecular complexity index is 135. The van der Waals surface area contributed by atoms with Gasteiger partial charge in [0.1, 0.15) is 6.34 Å². The summed E-state index contributed by atoms with van der Waals surface area (Å²) >= 11 is 0. The van der Waals surface area contributed by atoms with Crippen molar-refractivity contribution >= 4 is 6.34 Å². The van der Waals surface area contributed by atoms with Crippen molar-refractivity contribution in [3.05, 3.63) is 0 Å². The van der Waals surface area contributed by atoms with Gasteiger partial charge in [-0.05, 0) is 20.8 Å². The van der Waals surface area contributed by atoms with E-state index in [1.807, 2.05) is 20.8 Å². The average molecular weight is 125 g/mol. The van der Waals surface area contributed by atoms with Crippen LogP contribution in [-0.2, 0) is 0 Å². The number of hydrogen-bond donors (Lipinski definition) is 1. The summed E-state index contributed by atoms with van der Waals surface area (Å²) in [6.07, 6.45) is 3.05. The molecular formula is C6H11N3. The molecule has 0 fully saturated rings. The van der Waals surface area contributed by atoms with Crippen LogP contribution in [0.4, 0.5) is 0 Å². The molecule has 3 nitrogen and oxygen atoms in total. The van der Waals surface area contributed by atoms with Gasteiger partial charge >= 0.3 is 0 Å². The van der Waals surface area contributed by atoms with E-state index in [-0.39, 0.29) is 5.54 Å². The zero-order valence-corrected chi connectivity index (χ0v) is 5.97. The summed E-state index contributed by atoms with van der Waals surface area (Å²) in [4.78, 5) is 3.33. The van der Waals surface area contributed by atoms with Crippen LogP contribution in [0.15, 0.2) is 4.99 Å². The standard InChI is InChI=1S/C6H11N3/c1-6(2,3)9-5-8-4-7/h5H,1-3H3,(H,8,9). The monoisotopic (exact) mass is 125 g/mol. The molecule has 0 saturated carbocycles. The molecule has 1 N–H and O–H groups in total. The average Bonchev–Trinajstić information content (AvgIpc) is 1.63. The summed E-state index contributed by atoms with van der Waals surface area (Å²) in [6, 6.07) is 0. The molecule has 0 heterocycles. The third-order valence-corrected chi connectivity index (χ3v) is 0.620. The van der Waals surface area contributed by atoms with Crippen molar-refractivity contribution in [2.24, 2.45) is 4.99 Å². The Balaban J connectivity index is 3.54. The number of rotatable bonds is 1. The van der Waals surface area contributed by atoms with Gasteiger partial charge in [0.15, 0.2) is 0 Å². The van der Waals surface area contributed by atoms with Crippen molar-refractivity contribution in [1.82, 2.24) is 5.32 Å². The van der Waals surface area contributed by atoms with E-state index >= 15 is 0 Å². The summed E-state index contributed by atoms with van der Waals surface area (Å²) in [5.74, 6) is 0. The second-order valence-electron chi connectivity index (χ2n) is 2.75. The molecule has 0 atom stereocenters. The zero-order chi connectivity index (χ0) is 7.33. The lowest BCUT2D eigenvalue weighted by atomic mass is 10.1. The minimum atomic E-state index is 0.000347. The summed E-state index contributed by atoms with van der Waals surface area (Å²) in [5.41, 5.74) is 0.000347. The van der Waals surface area contributed by atoms with Gasteiger partial charge in [-0.1, -0.05) is 0 Å². The summed E-state index contributed by atoms with van der Waals surface area (Å²) < 4.78 is 0. The third kappa shape index (κ3) is 6.96. The van der Waals surface area contributed by atoms with Gasteiger partial charge < -0.3 is 5.32 Å². The highest BCUT2D eigenvalue weighted by Crippen LogP contribution is 1.94. The van der Waals surface area contributed by atoms with Gasteiger partial charge in [-0.3, -0.25) is 0 Å². The van der Waals surface area contributed by atoms with Crippen LogP contribution in [0, 0.1) is 11.5 Å². The van der Waals surface area contributed by atoms with Crippen LogP contribution in [0.1, 0.15) is 20.8 Å². The molecule has 50 valence electrons. The Morgan fingerprint density at radius 1 is 1.56 bits per heavy atom. The molecule has 0 aromatic rings. The van der Waals surface area contributed by atoms with E-state index in [0.717, 1.165) is 0 Å². The predicted octanol–water partition coefficient (Wildman–Crippen LogP) is 0.884. The Morgan fingerprint density at radius 2 is 2.11 bits per heavy atom. The first-order valence-electron chi connectivity index (χ1n) is 2.74. The van der Waals surface area contributed by atoms with Crippen molar-refractivity contribution in [1.29, 1.82) is 5.26 Å². The molecule has 0 bridgehead atoms. The van der Waals surface area contributed by atoms with Gasteiger partial charge in [0.05, 0.1) is 0 Å². The highest BCUT2D eigenvalue weighted by atomic mass is 15.0. The normalized spacial score (nSPS) is 11.3. The fourth-order valence-electron chi connectivity index (χ4n) is 0.255. The summed E-state index contributed by atoms with van der Waals surface area (Å²) in [7, 11) is 0. The van der Waals surface area contributed by atoms with E-state index in [2.05, 4.69) is 10.3 Å². The van der Waals surface area contributed by atoms with E-state index in [0.29, 0.717) is 0 Å². The SMILES string of the molecule is CC(C)(C)NC=NC#N. The van der Waals surface area contributed by atoms with Gasteiger partial charge in [-0.2, -0.15) is 10.3 Å². The van der Waals surface area contributed by atoms with Gasteiger partial charge in [0, 0.05) is 5.54 Å². The van der Waals surface area contributed by atoms with E-state index in [1.165, 1.54) is 6.34 Å². The lowest BCUT2D eigenvalue weighted by Gasteiger charge is -2.16. The lowest BCUT2D eigenvalue weighted by Crippen LogP contribution is -2.34. The third-order valence-electron chi connectivity index (χ3n) is 0.620. The van der Waals surface area contributed by atoms with Crippen LogP contribution >= 0.6 is 0 Å². The van der Waals surface area contributed by atoms with Crippen LogP contribution in [0.25, 0.3) is 0 Å². The second-order valence-corrected chi connectivity index (χ2v) is 2.75. The molecule has 3 heteroatoms. The molecule has 9 heavy (non-hydrogen) atoms. The molecule has 0 aliphatic heterocycles. The Morgan fingerprint density at radius 3 is 2.44 bits per heavy atom. The number of nitriles is 1. The number of nitrogens with zero attached hydrogens (tertiary/aromatic N) is 2. The molecule has 0 saturated heterocycles. The molecule has 0 aliphatic rings. The molecule has 0 aromatic heterocycles. The smallest absolute Gasteiger partial charge is 0.207 e. The maximum absolute atomic E-state index is 7.98. The number of nitrogens with one attached hydrogen (secondary N) is 1. The van der Waals surface area contributed by atoms with E-state index in [1.54, 1.807) is 6.19 Å². The fourth-order valence-corrected chi connectivity index (χ4v) is 0.255. The van der Waals surface area contributed by atoms with Gasteiger partial charge in [0.2, 0.25) is 6.19 Å². The molecule has 0 rings (SSSR count). The van der Waals surface area contributed by atoms with Gasteiger partial charge in [-0.25, -0.2) is 0 Å². The number of aliphatic imine (C=N–C) groups is 1. The molecule has 0 radical (unpaired) electrons. The van der Waals surface area contributed by atoms with Crippen LogP contribution < -0.4 is 5.32 Å². The molecule has 0 amide bonds. The van der Waals surface area contributed by atoms with Crippen LogP contribution in [-0.4, -0.2) is 11.9 Å². The topological polar surface area (TPSA) is 48.2 Å². The first kappa shape index (κ1) is 7.96. The molecule has 0 spiro atoms. The highest BCUT2D eigenvalue weighted by Gasteiger charge is 2.04. The Kier molecular flexibility index (Phi) is 2.72. The number of hydrogen-bond acceptors (Lipinski definition) is 2. The summed E-state index contributed by atoms with van der Waals surface area (Å²) in [6.45, 7) is 5.99. The Labute approximate surface area is 55.4 Å². The maximum atomic E-state index is 7.98. The predicted molar refractivity (Wildman–Crippen MR) is 37.0 cm³/mol. The van der Waals surface area contributed by atoms with Crippen LogP contribution in [0.3, 0.4) is 0 Å². The van der Waals surface area contributed by atoms with E-state index in [4.69, 9.17) is 5.26 Å². The van der Waals surface area contributed by atoms with Crippen LogP contribution in [0.5, 0.6) is 0 Å². The van der Waals surface area contributed by atoms with Gasteiger partial charge in [-0.15, -0.1) is 0 Å². The van der Waals surface area contributed by atoms with Crippen LogP contribution in [0.2, 0.25) is 0 Å². The zero-order valence-electron chi connectivity index (χ0n) is 5.97. The molecule has 0 unspecified atom stereocenters. The van der Waals surface area contributed by atoms with Crippen molar-refractivity contribution in [3.8, 4) is 6.19 Å². The van der Waals surface area contributed by atoms with E-state index < -0.39 is 0 Å². The van der Waals surface area contributed by atoms with Crippen molar-refractivity contribution < 1.29 is 0 Å². The first-order valence-corrected chi connectivity index (χ1v) is 2.74. The fraction of sp³-hybridized carbons (Fsp3) is 0.667.